The van der Waals surface area contributed by atoms with Gasteiger partial charge >= 0.3 is 0 Å². The minimum absolute atomic E-state index is 0.128. The first-order valence-corrected chi connectivity index (χ1v) is 7.41. The zero-order chi connectivity index (χ0) is 14.9. The van der Waals surface area contributed by atoms with E-state index in [4.69, 9.17) is 0 Å². The molecular formula is C18H12INO. The quantitative estimate of drug-likeness (QED) is 0.625. The normalized spacial score (nSPS) is 8.81. The lowest BCUT2D eigenvalue weighted by Gasteiger charge is -2.00. The van der Waals surface area contributed by atoms with E-state index in [2.05, 4.69) is 51.6 Å². The Balaban J connectivity index is 1.83. The molecular weight excluding hydrogens is 373 g/mol. The van der Waals surface area contributed by atoms with E-state index in [1.54, 1.807) is 12.1 Å². The molecule has 21 heavy (non-hydrogen) atoms. The van der Waals surface area contributed by atoms with E-state index in [9.17, 15) is 4.79 Å². The molecule has 2 aromatic rings. The van der Waals surface area contributed by atoms with Crippen LogP contribution in [0.2, 0.25) is 0 Å². The highest BCUT2D eigenvalue weighted by molar-refractivity contribution is 14.1. The van der Waals surface area contributed by atoms with Gasteiger partial charge in [0, 0.05) is 14.7 Å². The Morgan fingerprint density at radius 3 is 2.43 bits per heavy atom. The van der Waals surface area contributed by atoms with Gasteiger partial charge in [0.25, 0.3) is 5.91 Å². The van der Waals surface area contributed by atoms with E-state index in [1.807, 2.05) is 42.5 Å². The van der Waals surface area contributed by atoms with Crippen LogP contribution in [0.3, 0.4) is 0 Å². The Labute approximate surface area is 138 Å². The van der Waals surface area contributed by atoms with Gasteiger partial charge in [-0.05, 0) is 70.8 Å². The molecule has 0 heterocycles. The average molecular weight is 385 g/mol. The summed E-state index contributed by atoms with van der Waals surface area (Å²) < 4.78 is 1.10. The number of amides is 1. The number of carbonyl (C=O) groups is 1. The van der Waals surface area contributed by atoms with Crippen molar-refractivity contribution in [2.24, 2.45) is 0 Å². The zero-order valence-corrected chi connectivity index (χ0v) is 13.3. The molecule has 102 valence electrons. The largest absolute Gasteiger partial charge is 0.341 e. The van der Waals surface area contributed by atoms with Crippen LogP contribution in [0, 0.1) is 27.3 Å². The van der Waals surface area contributed by atoms with Gasteiger partial charge in [0.15, 0.2) is 0 Å². The fourth-order valence-corrected chi connectivity index (χ4v) is 1.90. The summed E-state index contributed by atoms with van der Waals surface area (Å²) in [5.74, 6) is 11.1. The highest BCUT2D eigenvalue weighted by Gasteiger charge is 2.02. The summed E-state index contributed by atoms with van der Waals surface area (Å²) in [6.07, 6.45) is 0. The number of carbonyl (C=O) groups excluding carboxylic acids is 1. The lowest BCUT2D eigenvalue weighted by Crippen LogP contribution is -2.23. The van der Waals surface area contributed by atoms with Crippen molar-refractivity contribution in [3.8, 4) is 23.7 Å². The van der Waals surface area contributed by atoms with Crippen molar-refractivity contribution < 1.29 is 4.79 Å². The predicted molar refractivity (Wildman–Crippen MR) is 92.6 cm³/mol. The van der Waals surface area contributed by atoms with E-state index in [0.717, 1.165) is 9.13 Å². The first kappa shape index (κ1) is 15.2. The standard InChI is InChI=1S/C18H12INO/c19-17-12-10-16(11-13-17)18(21)20-14-6-2-5-9-15-7-3-1-4-8-15/h1,3-4,7-8,10-13H,14H2,(H,20,21). The van der Waals surface area contributed by atoms with Crippen molar-refractivity contribution in [2.45, 2.75) is 0 Å². The first-order valence-electron chi connectivity index (χ1n) is 6.33. The fourth-order valence-electron chi connectivity index (χ4n) is 1.54. The maximum atomic E-state index is 11.8. The second-order valence-corrected chi connectivity index (χ2v) is 5.35. The fraction of sp³-hybridized carbons (Fsp3) is 0.0556. The summed E-state index contributed by atoms with van der Waals surface area (Å²) >= 11 is 2.20. The highest BCUT2D eigenvalue weighted by Crippen LogP contribution is 2.06. The molecule has 2 aromatic carbocycles. The molecule has 0 fully saturated rings. The van der Waals surface area contributed by atoms with E-state index >= 15 is 0 Å². The van der Waals surface area contributed by atoms with Crippen molar-refractivity contribution in [2.75, 3.05) is 6.54 Å². The van der Waals surface area contributed by atoms with Crippen molar-refractivity contribution in [3.05, 3.63) is 69.3 Å². The Morgan fingerprint density at radius 1 is 1.00 bits per heavy atom. The SMILES string of the molecule is O=C(NCC#CC#Cc1ccccc1)c1ccc(I)cc1. The van der Waals surface area contributed by atoms with Crippen molar-refractivity contribution >= 4 is 28.5 Å². The van der Waals surface area contributed by atoms with E-state index in [-0.39, 0.29) is 12.5 Å². The molecule has 3 heteroatoms. The number of benzene rings is 2. The molecule has 0 saturated carbocycles. The van der Waals surface area contributed by atoms with Crippen LogP contribution < -0.4 is 5.32 Å². The third kappa shape index (κ3) is 5.33. The van der Waals surface area contributed by atoms with Crippen LogP contribution in [0.25, 0.3) is 0 Å². The molecule has 2 rings (SSSR count). The Bertz CT molecular complexity index is 728. The summed E-state index contributed by atoms with van der Waals surface area (Å²) in [6, 6.07) is 17.0. The molecule has 0 bridgehead atoms. The summed E-state index contributed by atoms with van der Waals surface area (Å²) in [5, 5.41) is 2.73. The third-order valence-corrected chi connectivity index (χ3v) is 3.29. The van der Waals surface area contributed by atoms with Gasteiger partial charge in [-0.1, -0.05) is 30.0 Å². The second kappa shape index (κ2) is 8.14. The summed E-state index contributed by atoms with van der Waals surface area (Å²) in [6.45, 7) is 0.286. The molecule has 0 aromatic heterocycles. The van der Waals surface area contributed by atoms with Gasteiger partial charge in [-0.2, -0.15) is 0 Å². The summed E-state index contributed by atoms with van der Waals surface area (Å²) in [5.41, 5.74) is 1.56. The van der Waals surface area contributed by atoms with Crippen LogP contribution in [0.1, 0.15) is 15.9 Å². The van der Waals surface area contributed by atoms with Crippen molar-refractivity contribution in [3.63, 3.8) is 0 Å². The van der Waals surface area contributed by atoms with Gasteiger partial charge in [-0.3, -0.25) is 4.79 Å². The van der Waals surface area contributed by atoms with Gasteiger partial charge in [0.2, 0.25) is 0 Å². The Hall–Kier alpha value is -2.24. The first-order chi connectivity index (χ1) is 10.3. The third-order valence-electron chi connectivity index (χ3n) is 2.58. The molecule has 2 nitrogen and oxygen atoms in total. The van der Waals surface area contributed by atoms with Gasteiger partial charge in [-0.25, -0.2) is 0 Å². The van der Waals surface area contributed by atoms with Crippen LogP contribution in [0.4, 0.5) is 0 Å². The molecule has 0 aliphatic heterocycles. The molecule has 1 N–H and O–H groups in total. The minimum Gasteiger partial charge on any atom is -0.341 e. The number of hydrogen-bond acceptors (Lipinski definition) is 1. The molecule has 1 amide bonds. The van der Waals surface area contributed by atoms with Gasteiger partial charge in [0.1, 0.15) is 0 Å². The van der Waals surface area contributed by atoms with Crippen LogP contribution in [-0.2, 0) is 0 Å². The van der Waals surface area contributed by atoms with Crippen LogP contribution in [0.15, 0.2) is 54.6 Å². The zero-order valence-electron chi connectivity index (χ0n) is 11.2. The second-order valence-electron chi connectivity index (χ2n) is 4.11. The monoisotopic (exact) mass is 385 g/mol. The molecule has 0 atom stereocenters. The average Bonchev–Trinajstić information content (AvgIpc) is 2.52. The highest BCUT2D eigenvalue weighted by atomic mass is 127. The van der Waals surface area contributed by atoms with E-state index in [1.165, 1.54) is 0 Å². The maximum absolute atomic E-state index is 11.8. The van der Waals surface area contributed by atoms with Gasteiger partial charge in [0.05, 0.1) is 6.54 Å². The molecule has 0 radical (unpaired) electrons. The van der Waals surface area contributed by atoms with Crippen LogP contribution >= 0.6 is 22.6 Å². The number of halogens is 1. The van der Waals surface area contributed by atoms with Gasteiger partial charge in [-0.15, -0.1) is 0 Å². The maximum Gasteiger partial charge on any atom is 0.252 e. The molecule has 0 aliphatic carbocycles. The Kier molecular flexibility index (Phi) is 5.87. The van der Waals surface area contributed by atoms with Crippen LogP contribution in [0.5, 0.6) is 0 Å². The lowest BCUT2D eigenvalue weighted by molar-refractivity contribution is 0.0958. The smallest absolute Gasteiger partial charge is 0.252 e. The molecule has 0 saturated heterocycles. The van der Waals surface area contributed by atoms with E-state index < -0.39 is 0 Å². The summed E-state index contributed by atoms with van der Waals surface area (Å²) in [7, 11) is 0. The Morgan fingerprint density at radius 2 is 1.71 bits per heavy atom. The molecule has 0 unspecified atom stereocenters. The lowest BCUT2D eigenvalue weighted by atomic mass is 10.2. The van der Waals surface area contributed by atoms with E-state index in [0.29, 0.717) is 5.56 Å². The molecule has 0 aliphatic rings. The van der Waals surface area contributed by atoms with Crippen LogP contribution in [-0.4, -0.2) is 12.5 Å². The number of hydrogen-bond donors (Lipinski definition) is 1. The van der Waals surface area contributed by atoms with Crippen molar-refractivity contribution in [1.29, 1.82) is 0 Å². The summed E-state index contributed by atoms with van der Waals surface area (Å²) in [4.78, 5) is 11.8. The minimum atomic E-state index is -0.128. The van der Waals surface area contributed by atoms with Gasteiger partial charge < -0.3 is 5.32 Å². The topological polar surface area (TPSA) is 29.1 Å². The van der Waals surface area contributed by atoms with Crippen molar-refractivity contribution in [1.82, 2.24) is 5.32 Å². The molecule has 0 spiro atoms. The predicted octanol–water partition coefficient (Wildman–Crippen LogP) is 3.08. The number of rotatable bonds is 2. The number of nitrogens with one attached hydrogen (secondary N) is 1.